The quantitative estimate of drug-likeness (QED) is 0.626. The van der Waals surface area contributed by atoms with E-state index >= 15 is 0 Å². The van der Waals surface area contributed by atoms with Gasteiger partial charge in [0.05, 0.1) is 11.5 Å². The monoisotopic (exact) mass is 319 g/mol. The van der Waals surface area contributed by atoms with E-state index < -0.39 is 0 Å². The molecule has 6 nitrogen and oxygen atoms in total. The van der Waals surface area contributed by atoms with Crippen LogP contribution in [-0.2, 0) is 11.2 Å². The fourth-order valence-corrected chi connectivity index (χ4v) is 3.20. The van der Waals surface area contributed by atoms with Crippen molar-refractivity contribution in [3.63, 3.8) is 0 Å². The molecule has 2 aromatic rings. The largest absolute Gasteiger partial charge is 0.368 e. The van der Waals surface area contributed by atoms with E-state index in [1.54, 1.807) is 29.7 Å². The van der Waals surface area contributed by atoms with E-state index in [2.05, 4.69) is 9.88 Å². The molecular weight excluding hydrogens is 302 g/mol. The number of hydrogen-bond donors (Lipinski definition) is 0. The zero-order chi connectivity index (χ0) is 15.4. The average Bonchev–Trinajstić information content (AvgIpc) is 3.08. The van der Waals surface area contributed by atoms with E-state index in [1.165, 1.54) is 0 Å². The number of rotatable bonds is 5. The number of nitro groups is 1. The molecule has 1 aliphatic heterocycles. The molecule has 0 unspecified atom stereocenters. The van der Waals surface area contributed by atoms with Crippen molar-refractivity contribution >= 4 is 17.0 Å². The summed E-state index contributed by atoms with van der Waals surface area (Å²) in [5.74, 6) is 0. The first kappa shape index (κ1) is 15.1. The Bertz CT molecular complexity index is 615. The molecule has 1 atom stereocenters. The molecule has 1 saturated heterocycles. The topological polar surface area (TPSA) is 68.5 Å². The highest BCUT2D eigenvalue weighted by Gasteiger charge is 2.23. The Hall–Kier alpha value is -1.83. The van der Waals surface area contributed by atoms with Crippen LogP contribution in [0, 0.1) is 10.1 Å². The highest BCUT2D eigenvalue weighted by atomic mass is 32.1. The molecule has 0 aliphatic carbocycles. The number of nitrogens with zero attached hydrogens (tertiary/aromatic N) is 3. The van der Waals surface area contributed by atoms with Crippen molar-refractivity contribution in [3.05, 3.63) is 56.5 Å². The van der Waals surface area contributed by atoms with Crippen LogP contribution < -0.4 is 0 Å². The molecule has 0 amide bonds. The van der Waals surface area contributed by atoms with Crippen molar-refractivity contribution in [2.24, 2.45) is 0 Å². The van der Waals surface area contributed by atoms with Gasteiger partial charge in [-0.15, -0.1) is 11.3 Å². The van der Waals surface area contributed by atoms with Crippen LogP contribution in [0.15, 0.2) is 35.8 Å². The van der Waals surface area contributed by atoms with Crippen molar-refractivity contribution in [2.75, 3.05) is 26.2 Å². The first-order chi connectivity index (χ1) is 10.7. The average molecular weight is 319 g/mol. The third-order valence-corrected chi connectivity index (χ3v) is 4.61. The minimum atomic E-state index is -0.371. The minimum Gasteiger partial charge on any atom is -0.368 e. The van der Waals surface area contributed by atoms with Crippen molar-refractivity contribution in [2.45, 2.75) is 12.5 Å². The number of hydrogen-bond acceptors (Lipinski definition) is 6. The Morgan fingerprint density at radius 2 is 2.23 bits per heavy atom. The summed E-state index contributed by atoms with van der Waals surface area (Å²) in [5, 5.41) is 13.6. The molecule has 1 fully saturated rings. The summed E-state index contributed by atoms with van der Waals surface area (Å²) in [6, 6.07) is 6.79. The molecule has 0 N–H and O–H groups in total. The second kappa shape index (κ2) is 6.95. The third kappa shape index (κ3) is 3.68. The summed E-state index contributed by atoms with van der Waals surface area (Å²) < 4.78 is 5.78. The van der Waals surface area contributed by atoms with Gasteiger partial charge in [-0.05, 0) is 12.0 Å². The Morgan fingerprint density at radius 3 is 2.91 bits per heavy atom. The zero-order valence-corrected chi connectivity index (χ0v) is 12.9. The molecule has 1 aliphatic rings. The van der Waals surface area contributed by atoms with Crippen LogP contribution in [0.3, 0.4) is 0 Å². The molecule has 2 heterocycles. The smallest absolute Gasteiger partial charge is 0.269 e. The fourth-order valence-electron chi connectivity index (χ4n) is 2.52. The lowest BCUT2D eigenvalue weighted by molar-refractivity contribution is -0.384. The molecule has 1 aromatic carbocycles. The van der Waals surface area contributed by atoms with Gasteiger partial charge in [0.1, 0.15) is 11.1 Å². The molecule has 0 bridgehead atoms. The van der Waals surface area contributed by atoms with Crippen molar-refractivity contribution in [1.29, 1.82) is 0 Å². The highest BCUT2D eigenvalue weighted by Crippen LogP contribution is 2.24. The van der Waals surface area contributed by atoms with Gasteiger partial charge in [0.2, 0.25) is 0 Å². The van der Waals surface area contributed by atoms with Crippen molar-refractivity contribution < 1.29 is 9.66 Å². The summed E-state index contributed by atoms with van der Waals surface area (Å²) in [7, 11) is 0. The standard InChI is InChI=1S/C15H17N3O3S/c19-18(20)13-3-1-12(2-4-13)5-7-17-8-9-21-14(11-17)15-16-6-10-22-15/h1-4,6,10,14H,5,7-9,11H2/t14-/m1/s1. The molecule has 3 rings (SSSR count). The lowest BCUT2D eigenvalue weighted by Gasteiger charge is -2.31. The zero-order valence-electron chi connectivity index (χ0n) is 12.1. The van der Waals surface area contributed by atoms with Gasteiger partial charge >= 0.3 is 0 Å². The van der Waals surface area contributed by atoms with Gasteiger partial charge in [0.25, 0.3) is 5.69 Å². The van der Waals surface area contributed by atoms with Crippen LogP contribution in [-0.4, -0.2) is 41.0 Å². The second-order valence-electron chi connectivity index (χ2n) is 5.20. The maximum Gasteiger partial charge on any atom is 0.269 e. The fraction of sp³-hybridized carbons (Fsp3) is 0.400. The molecule has 0 spiro atoms. The van der Waals surface area contributed by atoms with Gasteiger partial charge in [-0.2, -0.15) is 0 Å². The Kier molecular flexibility index (Phi) is 4.77. The Morgan fingerprint density at radius 1 is 1.41 bits per heavy atom. The van der Waals surface area contributed by atoms with Gasteiger partial charge in [-0.25, -0.2) is 4.98 Å². The summed E-state index contributed by atoms with van der Waals surface area (Å²) in [4.78, 5) is 17.0. The molecular formula is C15H17N3O3S. The Balaban J connectivity index is 1.53. The predicted octanol–water partition coefficient (Wildman–Crippen LogP) is 2.67. The van der Waals surface area contributed by atoms with E-state index in [0.717, 1.165) is 36.6 Å². The minimum absolute atomic E-state index is 0.0608. The predicted molar refractivity (Wildman–Crippen MR) is 84.0 cm³/mol. The molecule has 7 heteroatoms. The van der Waals surface area contributed by atoms with Crippen molar-refractivity contribution in [1.82, 2.24) is 9.88 Å². The first-order valence-electron chi connectivity index (χ1n) is 7.19. The SMILES string of the molecule is O=[N+]([O-])c1ccc(CCN2CCO[C@@H](c3nccs3)C2)cc1. The molecule has 116 valence electrons. The van der Waals surface area contributed by atoms with Crippen LogP contribution in [0.5, 0.6) is 0 Å². The van der Waals surface area contributed by atoms with Gasteiger partial charge in [0, 0.05) is 43.3 Å². The lowest BCUT2D eigenvalue weighted by Crippen LogP contribution is -2.39. The van der Waals surface area contributed by atoms with Gasteiger partial charge in [-0.1, -0.05) is 12.1 Å². The van der Waals surface area contributed by atoms with Gasteiger partial charge < -0.3 is 4.74 Å². The van der Waals surface area contributed by atoms with Crippen molar-refractivity contribution in [3.8, 4) is 0 Å². The van der Waals surface area contributed by atoms with E-state index in [0.29, 0.717) is 6.61 Å². The number of thiazole rings is 1. The van der Waals surface area contributed by atoms with Crippen LogP contribution in [0.25, 0.3) is 0 Å². The summed E-state index contributed by atoms with van der Waals surface area (Å²) in [5.41, 5.74) is 1.25. The van der Waals surface area contributed by atoms with Crippen LogP contribution >= 0.6 is 11.3 Å². The van der Waals surface area contributed by atoms with Crippen LogP contribution in [0.1, 0.15) is 16.7 Å². The normalized spacial score (nSPS) is 19.2. The maximum absolute atomic E-state index is 10.6. The number of morpholine rings is 1. The summed E-state index contributed by atoms with van der Waals surface area (Å²) in [6.45, 7) is 3.39. The number of ether oxygens (including phenoxy) is 1. The van der Waals surface area contributed by atoms with E-state index in [1.807, 2.05) is 17.5 Å². The number of aromatic nitrogens is 1. The van der Waals surface area contributed by atoms with E-state index in [4.69, 9.17) is 4.74 Å². The summed E-state index contributed by atoms with van der Waals surface area (Å²) >= 11 is 1.62. The van der Waals surface area contributed by atoms with Crippen LogP contribution in [0.4, 0.5) is 5.69 Å². The first-order valence-corrected chi connectivity index (χ1v) is 8.07. The van der Waals surface area contributed by atoms with Gasteiger partial charge in [-0.3, -0.25) is 15.0 Å². The molecule has 0 saturated carbocycles. The number of non-ortho nitro benzene ring substituents is 1. The third-order valence-electron chi connectivity index (χ3n) is 3.74. The highest BCUT2D eigenvalue weighted by molar-refractivity contribution is 7.09. The lowest BCUT2D eigenvalue weighted by atomic mass is 10.1. The molecule has 22 heavy (non-hydrogen) atoms. The maximum atomic E-state index is 10.6. The van der Waals surface area contributed by atoms with Gasteiger partial charge in [0.15, 0.2) is 0 Å². The summed E-state index contributed by atoms with van der Waals surface area (Å²) in [6.07, 6.45) is 2.74. The van der Waals surface area contributed by atoms with E-state index in [-0.39, 0.29) is 16.7 Å². The Labute approximate surface area is 132 Å². The van der Waals surface area contributed by atoms with E-state index in [9.17, 15) is 10.1 Å². The molecule has 1 aromatic heterocycles. The van der Waals surface area contributed by atoms with Crippen LogP contribution in [0.2, 0.25) is 0 Å². The number of benzene rings is 1. The molecule has 0 radical (unpaired) electrons. The second-order valence-corrected chi connectivity index (χ2v) is 6.13. The number of nitro benzene ring substituents is 1.